The van der Waals surface area contributed by atoms with Gasteiger partial charge in [0.1, 0.15) is 0 Å². The fraction of sp³-hybridized carbons (Fsp3) is 0.286. The molecular formula is C14H18S2. The van der Waals surface area contributed by atoms with Crippen LogP contribution >= 0.6 is 23.5 Å². The van der Waals surface area contributed by atoms with Gasteiger partial charge >= 0.3 is 0 Å². The first kappa shape index (κ1) is 13.5. The highest BCUT2D eigenvalue weighted by Gasteiger charge is 1.94. The number of hydrogen-bond acceptors (Lipinski definition) is 2. The molecule has 0 spiro atoms. The fourth-order valence-electron chi connectivity index (χ4n) is 1.11. The molecule has 0 aliphatic carbocycles. The molecule has 0 aliphatic rings. The van der Waals surface area contributed by atoms with Crippen molar-refractivity contribution < 1.29 is 0 Å². The van der Waals surface area contributed by atoms with Crippen molar-refractivity contribution in [2.75, 3.05) is 11.5 Å². The zero-order valence-corrected chi connectivity index (χ0v) is 11.5. The summed E-state index contributed by atoms with van der Waals surface area (Å²) >= 11 is 3.74. The summed E-state index contributed by atoms with van der Waals surface area (Å²) in [5.74, 6) is 2.11. The Bertz CT molecular complexity index is 301. The Hall–Kier alpha value is -0.600. The quantitative estimate of drug-likeness (QED) is 0.513. The first-order valence-electron chi connectivity index (χ1n) is 5.44. The first-order chi connectivity index (χ1) is 7.86. The van der Waals surface area contributed by atoms with Crippen molar-refractivity contribution in [1.29, 1.82) is 0 Å². The zero-order chi connectivity index (χ0) is 11.6. The van der Waals surface area contributed by atoms with Gasteiger partial charge in [0.2, 0.25) is 0 Å². The summed E-state index contributed by atoms with van der Waals surface area (Å²) in [6.45, 7) is 4.11. The van der Waals surface area contributed by atoms with Crippen LogP contribution in [0.1, 0.15) is 13.8 Å². The molecule has 16 heavy (non-hydrogen) atoms. The van der Waals surface area contributed by atoms with Gasteiger partial charge in [-0.15, -0.1) is 23.5 Å². The van der Waals surface area contributed by atoms with Gasteiger partial charge in [0.05, 0.1) is 0 Å². The van der Waals surface area contributed by atoms with Crippen LogP contribution in [-0.4, -0.2) is 11.5 Å². The minimum atomic E-state index is 1.06. The molecule has 0 nitrogen and oxygen atoms in total. The van der Waals surface area contributed by atoms with E-state index in [0.717, 1.165) is 11.5 Å². The van der Waals surface area contributed by atoms with E-state index in [0.29, 0.717) is 0 Å². The van der Waals surface area contributed by atoms with Crippen LogP contribution in [0, 0.1) is 0 Å². The Labute approximate surface area is 107 Å². The molecule has 1 aromatic rings. The predicted molar refractivity (Wildman–Crippen MR) is 77.5 cm³/mol. The first-order valence-corrected chi connectivity index (χ1v) is 7.42. The van der Waals surface area contributed by atoms with Crippen LogP contribution in [-0.2, 0) is 0 Å². The molecule has 0 heterocycles. The van der Waals surface area contributed by atoms with Crippen molar-refractivity contribution >= 4 is 23.5 Å². The molecule has 0 unspecified atom stereocenters. The van der Waals surface area contributed by atoms with E-state index < -0.39 is 0 Å². The molecule has 0 bridgehead atoms. The lowest BCUT2D eigenvalue weighted by molar-refractivity contribution is 1.35. The molecule has 0 aliphatic heterocycles. The van der Waals surface area contributed by atoms with Crippen LogP contribution in [0.15, 0.2) is 58.4 Å². The highest BCUT2D eigenvalue weighted by atomic mass is 32.2. The van der Waals surface area contributed by atoms with Crippen LogP contribution in [0.4, 0.5) is 0 Å². The van der Waals surface area contributed by atoms with Gasteiger partial charge in [-0.25, -0.2) is 0 Å². The maximum absolute atomic E-state index is 2.20. The van der Waals surface area contributed by atoms with E-state index in [1.54, 1.807) is 0 Å². The van der Waals surface area contributed by atoms with Gasteiger partial charge in [0, 0.05) is 21.3 Å². The summed E-state index contributed by atoms with van der Waals surface area (Å²) in [6, 6.07) is 8.80. The highest BCUT2D eigenvalue weighted by molar-refractivity contribution is 7.99. The summed E-state index contributed by atoms with van der Waals surface area (Å²) in [5.41, 5.74) is 0. The molecule has 0 fully saturated rings. The van der Waals surface area contributed by atoms with Crippen LogP contribution in [0.2, 0.25) is 0 Å². The number of hydrogen-bond donors (Lipinski definition) is 0. The molecule has 0 saturated heterocycles. The maximum Gasteiger partial charge on any atom is 0.0160 e. The standard InChI is InChI=1S/C14H18S2/c1-3-5-11-15-13-7-9-14(10-8-13)16-12-6-4-2/h3-10H,11-12H2,1-2H3. The second kappa shape index (κ2) is 8.54. The summed E-state index contributed by atoms with van der Waals surface area (Å²) in [4.78, 5) is 2.68. The molecule has 0 amide bonds. The van der Waals surface area contributed by atoms with E-state index in [-0.39, 0.29) is 0 Å². The van der Waals surface area contributed by atoms with Crippen LogP contribution in [0.25, 0.3) is 0 Å². The Balaban J connectivity index is 2.41. The number of benzene rings is 1. The zero-order valence-electron chi connectivity index (χ0n) is 9.85. The molecule has 86 valence electrons. The monoisotopic (exact) mass is 250 g/mol. The van der Waals surface area contributed by atoms with Crippen LogP contribution < -0.4 is 0 Å². The minimum Gasteiger partial charge on any atom is -0.122 e. The van der Waals surface area contributed by atoms with Crippen molar-refractivity contribution in [2.45, 2.75) is 23.6 Å². The van der Waals surface area contributed by atoms with E-state index >= 15 is 0 Å². The molecule has 0 N–H and O–H groups in total. The van der Waals surface area contributed by atoms with Gasteiger partial charge in [-0.05, 0) is 38.1 Å². The molecule has 0 saturated carbocycles. The van der Waals surface area contributed by atoms with E-state index in [2.05, 4.69) is 62.4 Å². The molecular weight excluding hydrogens is 232 g/mol. The van der Waals surface area contributed by atoms with E-state index in [9.17, 15) is 0 Å². The van der Waals surface area contributed by atoms with Gasteiger partial charge in [-0.2, -0.15) is 0 Å². The Morgan fingerprint density at radius 3 is 1.50 bits per heavy atom. The highest BCUT2D eigenvalue weighted by Crippen LogP contribution is 2.23. The van der Waals surface area contributed by atoms with E-state index in [1.807, 2.05) is 23.5 Å². The molecule has 1 rings (SSSR count). The average molecular weight is 250 g/mol. The SMILES string of the molecule is CC=CCSc1ccc(SCC=CC)cc1. The van der Waals surface area contributed by atoms with Crippen molar-refractivity contribution in [3.05, 3.63) is 48.6 Å². The minimum absolute atomic E-state index is 1.06. The lowest BCUT2D eigenvalue weighted by Gasteiger charge is -2.01. The van der Waals surface area contributed by atoms with Crippen molar-refractivity contribution in [1.82, 2.24) is 0 Å². The van der Waals surface area contributed by atoms with Gasteiger partial charge < -0.3 is 0 Å². The smallest absolute Gasteiger partial charge is 0.0160 e. The number of allylic oxidation sites excluding steroid dienone is 2. The second-order valence-corrected chi connectivity index (χ2v) is 5.42. The molecule has 0 atom stereocenters. The third-order valence-electron chi connectivity index (χ3n) is 1.99. The van der Waals surface area contributed by atoms with Gasteiger partial charge in [0.25, 0.3) is 0 Å². The Morgan fingerprint density at radius 1 is 0.812 bits per heavy atom. The summed E-state index contributed by atoms with van der Waals surface area (Å²) in [7, 11) is 0. The summed E-state index contributed by atoms with van der Waals surface area (Å²) in [5, 5.41) is 0. The lowest BCUT2D eigenvalue weighted by atomic mass is 10.4. The lowest BCUT2D eigenvalue weighted by Crippen LogP contribution is -1.76. The molecule has 0 aromatic heterocycles. The number of thioether (sulfide) groups is 2. The van der Waals surface area contributed by atoms with Crippen LogP contribution in [0.3, 0.4) is 0 Å². The van der Waals surface area contributed by atoms with E-state index in [4.69, 9.17) is 0 Å². The van der Waals surface area contributed by atoms with Crippen molar-refractivity contribution in [2.24, 2.45) is 0 Å². The molecule has 2 heteroatoms. The summed E-state index contributed by atoms with van der Waals surface area (Å²) < 4.78 is 0. The van der Waals surface area contributed by atoms with Gasteiger partial charge in [-0.1, -0.05) is 24.3 Å². The van der Waals surface area contributed by atoms with Gasteiger partial charge in [-0.3, -0.25) is 0 Å². The summed E-state index contributed by atoms with van der Waals surface area (Å²) in [6.07, 6.45) is 8.54. The van der Waals surface area contributed by atoms with Crippen LogP contribution in [0.5, 0.6) is 0 Å². The van der Waals surface area contributed by atoms with Gasteiger partial charge in [0.15, 0.2) is 0 Å². The third kappa shape index (κ3) is 5.47. The molecule has 1 aromatic carbocycles. The van der Waals surface area contributed by atoms with Crippen molar-refractivity contribution in [3.63, 3.8) is 0 Å². The Morgan fingerprint density at radius 2 is 1.19 bits per heavy atom. The average Bonchev–Trinajstić information content (AvgIpc) is 2.32. The second-order valence-electron chi connectivity index (χ2n) is 3.23. The molecule has 0 radical (unpaired) electrons. The normalized spacial score (nSPS) is 11.6. The van der Waals surface area contributed by atoms with E-state index in [1.165, 1.54) is 9.79 Å². The maximum atomic E-state index is 2.20. The third-order valence-corrected chi connectivity index (χ3v) is 3.92. The fourth-order valence-corrected chi connectivity index (χ4v) is 2.73. The Kier molecular flexibility index (Phi) is 7.19. The largest absolute Gasteiger partial charge is 0.122 e. The number of rotatable bonds is 6. The topological polar surface area (TPSA) is 0 Å². The predicted octanol–water partition coefficient (Wildman–Crippen LogP) is 5.02. The van der Waals surface area contributed by atoms with Crippen molar-refractivity contribution in [3.8, 4) is 0 Å².